The first-order valence-electron chi connectivity index (χ1n) is 11.1. The monoisotopic (exact) mass is 416 g/mol. The molecule has 2 fully saturated rings. The summed E-state index contributed by atoms with van der Waals surface area (Å²) in [7, 11) is 2.08. The molecule has 3 aliphatic heterocycles. The van der Waals surface area contributed by atoms with Gasteiger partial charge in [-0.15, -0.1) is 0 Å². The van der Waals surface area contributed by atoms with Crippen LogP contribution in [0, 0.1) is 0 Å². The third kappa shape index (κ3) is 3.61. The van der Waals surface area contributed by atoms with Gasteiger partial charge < -0.3 is 14.7 Å². The number of hydrogen-bond donors (Lipinski definition) is 0. The van der Waals surface area contributed by atoms with Gasteiger partial charge in [0.05, 0.1) is 11.3 Å². The second-order valence-corrected chi connectivity index (χ2v) is 8.54. The summed E-state index contributed by atoms with van der Waals surface area (Å²) in [6, 6.07) is 17.4. The highest BCUT2D eigenvalue weighted by Crippen LogP contribution is 2.36. The Kier molecular flexibility index (Phi) is 5.24. The lowest BCUT2D eigenvalue weighted by molar-refractivity contribution is -0.120. The van der Waals surface area contributed by atoms with Gasteiger partial charge in [0.25, 0.3) is 11.8 Å². The van der Waals surface area contributed by atoms with Crippen molar-refractivity contribution < 1.29 is 9.59 Å². The fourth-order valence-corrected chi connectivity index (χ4v) is 4.73. The summed E-state index contributed by atoms with van der Waals surface area (Å²) in [5.41, 5.74) is 3.63. The zero-order chi connectivity index (χ0) is 21.4. The van der Waals surface area contributed by atoms with Crippen molar-refractivity contribution in [2.75, 3.05) is 56.1 Å². The average Bonchev–Trinajstić information content (AvgIpc) is 3.42. The van der Waals surface area contributed by atoms with Crippen molar-refractivity contribution in [3.05, 3.63) is 65.9 Å². The Hall–Kier alpha value is -3.12. The zero-order valence-corrected chi connectivity index (χ0v) is 18.0. The van der Waals surface area contributed by atoms with Crippen LogP contribution in [-0.4, -0.2) is 67.9 Å². The van der Waals surface area contributed by atoms with Crippen LogP contribution in [0.15, 0.2) is 60.3 Å². The highest BCUT2D eigenvalue weighted by molar-refractivity contribution is 6.45. The van der Waals surface area contributed by atoms with Gasteiger partial charge in [0.1, 0.15) is 5.70 Å². The van der Waals surface area contributed by atoms with Crippen LogP contribution in [-0.2, 0) is 9.59 Å². The fourth-order valence-electron chi connectivity index (χ4n) is 4.73. The van der Waals surface area contributed by atoms with Crippen LogP contribution >= 0.6 is 0 Å². The molecule has 2 aromatic rings. The molecule has 3 heterocycles. The number of rotatable bonds is 4. The van der Waals surface area contributed by atoms with E-state index < -0.39 is 0 Å². The predicted octanol–water partition coefficient (Wildman–Crippen LogP) is 2.82. The topological polar surface area (TPSA) is 47.1 Å². The molecule has 0 N–H and O–H groups in total. The highest BCUT2D eigenvalue weighted by Gasteiger charge is 2.42. The van der Waals surface area contributed by atoms with Crippen LogP contribution in [0.1, 0.15) is 18.4 Å². The van der Waals surface area contributed by atoms with Crippen LogP contribution in [0.4, 0.5) is 11.4 Å². The smallest absolute Gasteiger partial charge is 0.282 e. The first-order valence-corrected chi connectivity index (χ1v) is 11.1. The van der Waals surface area contributed by atoms with Crippen LogP contribution in [0.25, 0.3) is 5.57 Å². The number of anilines is 2. The number of nitrogens with zero attached hydrogens (tertiary/aromatic N) is 4. The molecule has 31 heavy (non-hydrogen) atoms. The lowest BCUT2D eigenvalue weighted by atomic mass is 10.0. The van der Waals surface area contributed by atoms with E-state index in [9.17, 15) is 9.59 Å². The largest absolute Gasteiger partial charge is 0.372 e. The molecule has 2 saturated heterocycles. The van der Waals surface area contributed by atoms with E-state index in [1.165, 1.54) is 17.7 Å². The van der Waals surface area contributed by atoms with E-state index >= 15 is 0 Å². The van der Waals surface area contributed by atoms with Crippen LogP contribution in [0.3, 0.4) is 0 Å². The Morgan fingerprint density at radius 1 is 0.645 bits per heavy atom. The minimum Gasteiger partial charge on any atom is -0.372 e. The number of carbonyl (C=O) groups excluding carboxylic acids is 2. The number of amides is 2. The summed E-state index contributed by atoms with van der Waals surface area (Å²) in [6.45, 7) is 5.35. The molecule has 0 saturated carbocycles. The molecule has 0 aliphatic carbocycles. The van der Waals surface area contributed by atoms with Crippen LogP contribution in [0.2, 0.25) is 0 Å². The minimum atomic E-state index is -0.237. The van der Waals surface area contributed by atoms with Gasteiger partial charge in [-0.05, 0) is 49.7 Å². The second kappa shape index (κ2) is 8.19. The van der Waals surface area contributed by atoms with E-state index in [1.807, 2.05) is 54.6 Å². The summed E-state index contributed by atoms with van der Waals surface area (Å²) < 4.78 is 0. The van der Waals surface area contributed by atoms with Crippen molar-refractivity contribution in [1.29, 1.82) is 0 Å². The molecule has 0 spiro atoms. The second-order valence-electron chi connectivity index (χ2n) is 8.54. The number of piperazine rings is 1. The third-order valence-corrected chi connectivity index (χ3v) is 6.52. The summed E-state index contributed by atoms with van der Waals surface area (Å²) >= 11 is 0. The molecule has 0 radical (unpaired) electrons. The van der Waals surface area contributed by atoms with Gasteiger partial charge in [-0.25, -0.2) is 4.90 Å². The van der Waals surface area contributed by atoms with E-state index in [2.05, 4.69) is 21.7 Å². The zero-order valence-electron chi connectivity index (χ0n) is 18.0. The van der Waals surface area contributed by atoms with Gasteiger partial charge >= 0.3 is 0 Å². The maximum Gasteiger partial charge on any atom is 0.282 e. The Labute approximate surface area is 183 Å². The third-order valence-electron chi connectivity index (χ3n) is 6.52. The SMILES string of the molecule is CN1CCN(C2=C(c3ccccc3)C(=O)N(c3ccc(N4CCCC4)cc3)C2=O)CC1. The Bertz CT molecular complexity index is 1000. The maximum atomic E-state index is 13.6. The van der Waals surface area contributed by atoms with Crippen molar-refractivity contribution in [3.8, 4) is 0 Å². The first kappa shape index (κ1) is 19.8. The van der Waals surface area contributed by atoms with Gasteiger partial charge in [0.2, 0.25) is 0 Å². The summed E-state index contributed by atoms with van der Waals surface area (Å²) in [6.07, 6.45) is 2.42. The maximum absolute atomic E-state index is 13.6. The van der Waals surface area contributed by atoms with E-state index in [1.54, 1.807) is 0 Å². The van der Waals surface area contributed by atoms with Gasteiger partial charge in [0.15, 0.2) is 0 Å². The molecule has 0 unspecified atom stereocenters. The van der Waals surface area contributed by atoms with Crippen molar-refractivity contribution >= 4 is 28.8 Å². The van der Waals surface area contributed by atoms with Gasteiger partial charge in [0, 0.05) is 45.0 Å². The number of likely N-dealkylation sites (N-methyl/N-ethyl adjacent to an activating group) is 1. The standard InChI is InChI=1S/C25H28N4O2/c1-26-15-17-28(18-16-26)23-22(19-7-3-2-4-8-19)24(30)29(25(23)31)21-11-9-20(10-12-21)27-13-5-6-14-27/h2-4,7-12H,5-6,13-18H2,1H3. The normalized spacial score (nSPS) is 20.4. The molecule has 3 aliphatic rings. The van der Waals surface area contributed by atoms with Crippen molar-refractivity contribution in [2.45, 2.75) is 12.8 Å². The van der Waals surface area contributed by atoms with E-state index in [4.69, 9.17) is 0 Å². The molecular formula is C25H28N4O2. The van der Waals surface area contributed by atoms with E-state index in [0.717, 1.165) is 50.5 Å². The quantitative estimate of drug-likeness (QED) is 0.718. The molecule has 2 amide bonds. The molecular weight excluding hydrogens is 388 g/mol. The number of hydrogen-bond acceptors (Lipinski definition) is 5. The van der Waals surface area contributed by atoms with E-state index in [-0.39, 0.29) is 11.8 Å². The van der Waals surface area contributed by atoms with Gasteiger partial charge in [-0.2, -0.15) is 0 Å². The molecule has 0 aromatic heterocycles. The average molecular weight is 417 g/mol. The number of imide groups is 1. The molecule has 5 rings (SSSR count). The molecule has 160 valence electrons. The van der Waals surface area contributed by atoms with Crippen molar-refractivity contribution in [2.24, 2.45) is 0 Å². The molecule has 6 heteroatoms. The highest BCUT2D eigenvalue weighted by atomic mass is 16.2. The van der Waals surface area contributed by atoms with Crippen LogP contribution < -0.4 is 9.80 Å². The Morgan fingerprint density at radius 3 is 1.90 bits per heavy atom. The van der Waals surface area contributed by atoms with Crippen molar-refractivity contribution in [3.63, 3.8) is 0 Å². The molecule has 0 bridgehead atoms. The summed E-state index contributed by atoms with van der Waals surface area (Å²) in [4.78, 5) is 35.2. The lowest BCUT2D eigenvalue weighted by Gasteiger charge is -2.34. The Balaban J connectivity index is 1.50. The molecule has 2 aromatic carbocycles. The van der Waals surface area contributed by atoms with Crippen molar-refractivity contribution in [1.82, 2.24) is 9.80 Å². The molecule has 6 nitrogen and oxygen atoms in total. The fraction of sp³-hybridized carbons (Fsp3) is 0.360. The number of benzene rings is 2. The predicted molar refractivity (Wildman–Crippen MR) is 123 cm³/mol. The summed E-state index contributed by atoms with van der Waals surface area (Å²) in [5, 5.41) is 0. The summed E-state index contributed by atoms with van der Waals surface area (Å²) in [5.74, 6) is -0.457. The Morgan fingerprint density at radius 2 is 1.26 bits per heavy atom. The minimum absolute atomic E-state index is 0.220. The number of carbonyl (C=O) groups is 2. The van der Waals surface area contributed by atoms with E-state index in [0.29, 0.717) is 17.0 Å². The van der Waals surface area contributed by atoms with Gasteiger partial charge in [-0.1, -0.05) is 30.3 Å². The lowest BCUT2D eigenvalue weighted by Crippen LogP contribution is -2.46. The van der Waals surface area contributed by atoms with Gasteiger partial charge in [-0.3, -0.25) is 9.59 Å². The van der Waals surface area contributed by atoms with Crippen LogP contribution in [0.5, 0.6) is 0 Å². The molecule has 0 atom stereocenters. The first-order chi connectivity index (χ1) is 15.1.